The summed E-state index contributed by atoms with van der Waals surface area (Å²) in [7, 11) is 0. The van der Waals surface area contributed by atoms with Crippen LogP contribution in [-0.2, 0) is 4.74 Å². The number of benzene rings is 1. The van der Waals surface area contributed by atoms with E-state index >= 15 is 0 Å². The van der Waals surface area contributed by atoms with Gasteiger partial charge in [-0.15, -0.1) is 0 Å². The second-order valence-electron chi connectivity index (χ2n) is 8.80. The number of esters is 1. The van der Waals surface area contributed by atoms with Crippen LogP contribution in [-0.4, -0.2) is 12.6 Å². The van der Waals surface area contributed by atoms with Crippen LogP contribution in [0.4, 0.5) is 0 Å². The topological polar surface area (TPSA) is 26.3 Å². The molecular weight excluding hydrogens is 368 g/mol. The van der Waals surface area contributed by atoms with E-state index in [1.807, 2.05) is 31.2 Å². The maximum absolute atomic E-state index is 12.0. The summed E-state index contributed by atoms with van der Waals surface area (Å²) in [6, 6.07) is 7.49. The van der Waals surface area contributed by atoms with Gasteiger partial charge in [-0.3, -0.25) is 0 Å². The molecule has 0 aliphatic rings. The molecule has 2 heteroatoms. The monoisotopic (exact) mass is 414 g/mol. The van der Waals surface area contributed by atoms with Gasteiger partial charge in [-0.1, -0.05) is 128 Å². The van der Waals surface area contributed by atoms with Gasteiger partial charge in [0.1, 0.15) is 0 Å². The zero-order chi connectivity index (χ0) is 21.9. The van der Waals surface area contributed by atoms with Gasteiger partial charge in [0.05, 0.1) is 12.2 Å². The quantitative estimate of drug-likeness (QED) is 0.167. The molecule has 0 aliphatic heterocycles. The number of carbonyl (C=O) groups excluding carboxylic acids is 1. The van der Waals surface area contributed by atoms with E-state index in [4.69, 9.17) is 4.74 Å². The third-order valence-electron chi connectivity index (χ3n) is 5.84. The minimum atomic E-state index is -0.218. The van der Waals surface area contributed by atoms with Crippen molar-refractivity contribution < 1.29 is 9.53 Å². The molecule has 0 radical (unpaired) electrons. The second kappa shape index (κ2) is 18.2. The lowest BCUT2D eigenvalue weighted by atomic mass is 10.0. The largest absolute Gasteiger partial charge is 0.462 e. The molecule has 0 amide bonds. The summed E-state index contributed by atoms with van der Waals surface area (Å²) in [5, 5.41) is 0. The normalized spacial score (nSPS) is 10.9. The van der Waals surface area contributed by atoms with Crippen LogP contribution in [0.25, 0.3) is 5.57 Å². The van der Waals surface area contributed by atoms with Crippen LogP contribution < -0.4 is 0 Å². The van der Waals surface area contributed by atoms with E-state index in [0.29, 0.717) is 12.2 Å². The van der Waals surface area contributed by atoms with Crippen LogP contribution in [0.5, 0.6) is 0 Å². The van der Waals surface area contributed by atoms with E-state index in [-0.39, 0.29) is 5.97 Å². The third kappa shape index (κ3) is 13.6. The molecule has 170 valence electrons. The molecule has 1 aromatic rings. The van der Waals surface area contributed by atoms with Gasteiger partial charge >= 0.3 is 5.97 Å². The SMILES string of the molecule is C=C(C)c1ccc(C(=O)OCCCCCCCCCCCCCCCCCC)cc1. The Bertz CT molecular complexity index is 559. The summed E-state index contributed by atoms with van der Waals surface area (Å²) < 4.78 is 5.39. The summed E-state index contributed by atoms with van der Waals surface area (Å²) in [6.07, 6.45) is 21.6. The summed E-state index contributed by atoms with van der Waals surface area (Å²) in [6.45, 7) is 8.68. The van der Waals surface area contributed by atoms with Crippen molar-refractivity contribution in [2.24, 2.45) is 0 Å². The predicted molar refractivity (Wildman–Crippen MR) is 131 cm³/mol. The number of allylic oxidation sites excluding steroid dienone is 1. The smallest absolute Gasteiger partial charge is 0.338 e. The summed E-state index contributed by atoms with van der Waals surface area (Å²) in [4.78, 5) is 12.0. The van der Waals surface area contributed by atoms with Gasteiger partial charge in [-0.25, -0.2) is 4.79 Å². The fourth-order valence-electron chi connectivity index (χ4n) is 3.79. The molecule has 2 nitrogen and oxygen atoms in total. The Morgan fingerprint density at radius 2 is 1.03 bits per heavy atom. The van der Waals surface area contributed by atoms with Crippen LogP contribution in [0.3, 0.4) is 0 Å². The van der Waals surface area contributed by atoms with Crippen LogP contribution >= 0.6 is 0 Å². The highest BCUT2D eigenvalue weighted by atomic mass is 16.5. The molecular formula is C28H46O2. The second-order valence-corrected chi connectivity index (χ2v) is 8.80. The van der Waals surface area contributed by atoms with E-state index in [0.717, 1.165) is 24.0 Å². The van der Waals surface area contributed by atoms with E-state index in [1.165, 1.54) is 89.9 Å². The molecule has 1 aromatic carbocycles. The summed E-state index contributed by atoms with van der Waals surface area (Å²) >= 11 is 0. The van der Waals surface area contributed by atoms with E-state index in [2.05, 4.69) is 13.5 Å². The van der Waals surface area contributed by atoms with Crippen molar-refractivity contribution in [3.63, 3.8) is 0 Å². The van der Waals surface area contributed by atoms with Crippen molar-refractivity contribution in [3.8, 4) is 0 Å². The van der Waals surface area contributed by atoms with Crippen molar-refractivity contribution in [1.29, 1.82) is 0 Å². The number of rotatable bonds is 19. The van der Waals surface area contributed by atoms with Gasteiger partial charge in [-0.05, 0) is 31.0 Å². The van der Waals surface area contributed by atoms with Crippen LogP contribution in [0.2, 0.25) is 0 Å². The molecule has 0 saturated heterocycles. The summed E-state index contributed by atoms with van der Waals surface area (Å²) in [5.74, 6) is -0.218. The Morgan fingerprint density at radius 3 is 1.43 bits per heavy atom. The molecule has 0 spiro atoms. The molecule has 0 aliphatic carbocycles. The molecule has 0 N–H and O–H groups in total. The molecule has 0 bridgehead atoms. The van der Waals surface area contributed by atoms with Crippen LogP contribution in [0.1, 0.15) is 133 Å². The van der Waals surface area contributed by atoms with Crippen molar-refractivity contribution in [2.45, 2.75) is 117 Å². The fraction of sp³-hybridized carbons (Fsp3) is 0.679. The third-order valence-corrected chi connectivity index (χ3v) is 5.84. The standard InChI is InChI=1S/C28H46O2/c1-4-5-6-7-8-9-10-11-12-13-14-15-16-17-18-19-24-30-28(29)27-22-20-26(21-23-27)25(2)3/h20-23H,2,4-19,24H2,1,3H3. The highest BCUT2D eigenvalue weighted by molar-refractivity contribution is 5.89. The lowest BCUT2D eigenvalue weighted by Crippen LogP contribution is -2.06. The minimum absolute atomic E-state index is 0.218. The minimum Gasteiger partial charge on any atom is -0.462 e. The van der Waals surface area contributed by atoms with Gasteiger partial charge in [0.25, 0.3) is 0 Å². The van der Waals surface area contributed by atoms with Crippen molar-refractivity contribution in [2.75, 3.05) is 6.61 Å². The first-order valence-electron chi connectivity index (χ1n) is 12.6. The van der Waals surface area contributed by atoms with Crippen LogP contribution in [0.15, 0.2) is 30.8 Å². The Hall–Kier alpha value is -1.57. The van der Waals surface area contributed by atoms with Gasteiger partial charge in [0, 0.05) is 0 Å². The van der Waals surface area contributed by atoms with Crippen molar-refractivity contribution >= 4 is 11.5 Å². The lowest BCUT2D eigenvalue weighted by molar-refractivity contribution is 0.0497. The zero-order valence-electron chi connectivity index (χ0n) is 19.9. The number of carbonyl (C=O) groups is 1. The highest BCUT2D eigenvalue weighted by Crippen LogP contribution is 2.15. The highest BCUT2D eigenvalue weighted by Gasteiger charge is 2.06. The number of unbranched alkanes of at least 4 members (excludes halogenated alkanes) is 15. The van der Waals surface area contributed by atoms with Crippen LogP contribution in [0, 0.1) is 0 Å². The summed E-state index contributed by atoms with van der Waals surface area (Å²) in [5.41, 5.74) is 2.68. The van der Waals surface area contributed by atoms with Crippen molar-refractivity contribution in [3.05, 3.63) is 42.0 Å². The van der Waals surface area contributed by atoms with Gasteiger partial charge in [0.15, 0.2) is 0 Å². The zero-order valence-corrected chi connectivity index (χ0v) is 19.9. The maximum atomic E-state index is 12.0. The van der Waals surface area contributed by atoms with E-state index in [1.54, 1.807) is 0 Å². The molecule has 0 saturated carbocycles. The van der Waals surface area contributed by atoms with Gasteiger partial charge in [0.2, 0.25) is 0 Å². The maximum Gasteiger partial charge on any atom is 0.338 e. The average Bonchev–Trinajstić information content (AvgIpc) is 2.75. The first-order chi connectivity index (χ1) is 14.6. The van der Waals surface area contributed by atoms with E-state index < -0.39 is 0 Å². The molecule has 0 fully saturated rings. The van der Waals surface area contributed by atoms with Crippen molar-refractivity contribution in [1.82, 2.24) is 0 Å². The Balaban J connectivity index is 1.85. The van der Waals surface area contributed by atoms with Gasteiger partial charge in [-0.2, -0.15) is 0 Å². The molecule has 0 unspecified atom stereocenters. The van der Waals surface area contributed by atoms with E-state index in [9.17, 15) is 4.79 Å². The Kier molecular flexibility index (Phi) is 16.1. The molecule has 0 heterocycles. The molecule has 1 rings (SSSR count). The first kappa shape index (κ1) is 26.5. The predicted octanol–water partition coefficient (Wildman–Crippen LogP) is 9.14. The Morgan fingerprint density at radius 1 is 0.667 bits per heavy atom. The fourth-order valence-corrected chi connectivity index (χ4v) is 3.79. The molecule has 0 atom stereocenters. The molecule has 30 heavy (non-hydrogen) atoms. The average molecular weight is 415 g/mol. The first-order valence-corrected chi connectivity index (χ1v) is 12.6. The Labute approximate surface area is 186 Å². The lowest BCUT2D eigenvalue weighted by Gasteiger charge is -2.06. The van der Waals surface area contributed by atoms with Gasteiger partial charge < -0.3 is 4.74 Å². The number of hydrogen-bond donors (Lipinski definition) is 0. The number of ether oxygens (including phenoxy) is 1. The molecule has 0 aromatic heterocycles. The number of hydrogen-bond acceptors (Lipinski definition) is 2.